The largest absolute Gasteiger partial charge is 0.347 e. The van der Waals surface area contributed by atoms with Crippen LogP contribution in [0, 0.1) is 12.8 Å². The zero-order chi connectivity index (χ0) is 19.4. The zero-order valence-corrected chi connectivity index (χ0v) is 17.1. The molecule has 1 fully saturated rings. The lowest BCUT2D eigenvalue weighted by Gasteiger charge is -2.27. The second kappa shape index (κ2) is 8.65. The summed E-state index contributed by atoms with van der Waals surface area (Å²) in [4.78, 5) is 31.8. The maximum Gasteiger partial charge on any atom is 0.263 e. The highest BCUT2D eigenvalue weighted by atomic mass is 32.1. The molecule has 0 unspecified atom stereocenters. The molecule has 2 amide bonds. The molecule has 0 bridgehead atoms. The van der Waals surface area contributed by atoms with E-state index in [1.807, 2.05) is 36.1 Å². The predicted octanol–water partition coefficient (Wildman–Crippen LogP) is 4.10. The predicted molar refractivity (Wildman–Crippen MR) is 109 cm³/mol. The number of rotatable bonds is 6. The minimum Gasteiger partial charge on any atom is -0.347 e. The molecule has 3 rings (SSSR count). The second-order valence-corrected chi connectivity index (χ2v) is 8.56. The molecule has 1 saturated heterocycles. The molecule has 1 N–H and O–H groups in total. The Morgan fingerprint density at radius 2 is 2.15 bits per heavy atom. The molecular formula is C21H27N3O2S. The smallest absolute Gasteiger partial charge is 0.263 e. The average Bonchev–Trinajstić information content (AvgIpc) is 3.00. The number of nitrogens with one attached hydrogen (secondary N) is 1. The Balaban J connectivity index is 1.65. The van der Waals surface area contributed by atoms with E-state index >= 15 is 0 Å². The first-order valence-corrected chi connectivity index (χ1v) is 10.4. The Bertz CT molecular complexity index is 829. The van der Waals surface area contributed by atoms with E-state index in [0.29, 0.717) is 23.8 Å². The molecule has 144 valence electrons. The van der Waals surface area contributed by atoms with Crippen molar-refractivity contribution in [3.8, 4) is 0 Å². The lowest BCUT2D eigenvalue weighted by molar-refractivity contribution is -0.119. The molecule has 0 saturated carbocycles. The number of thiazole rings is 1. The highest BCUT2D eigenvalue weighted by molar-refractivity contribution is 7.13. The first-order chi connectivity index (χ1) is 12.9. The van der Waals surface area contributed by atoms with Crippen LogP contribution in [0.15, 0.2) is 24.3 Å². The summed E-state index contributed by atoms with van der Waals surface area (Å²) in [5, 5.41) is 4.00. The molecule has 0 radical (unpaired) electrons. The van der Waals surface area contributed by atoms with Gasteiger partial charge in [-0.25, -0.2) is 4.98 Å². The molecule has 1 aliphatic rings. The van der Waals surface area contributed by atoms with E-state index in [9.17, 15) is 9.59 Å². The van der Waals surface area contributed by atoms with E-state index in [1.54, 1.807) is 0 Å². The van der Waals surface area contributed by atoms with E-state index in [-0.39, 0.29) is 11.8 Å². The van der Waals surface area contributed by atoms with Gasteiger partial charge >= 0.3 is 0 Å². The Kier molecular flexibility index (Phi) is 6.26. The van der Waals surface area contributed by atoms with E-state index < -0.39 is 0 Å². The third-order valence-corrected chi connectivity index (χ3v) is 5.81. The van der Waals surface area contributed by atoms with Crippen molar-refractivity contribution >= 4 is 28.8 Å². The summed E-state index contributed by atoms with van der Waals surface area (Å²) in [5.41, 5.74) is 2.70. The number of aryl methyl sites for hydroxylation is 1. The van der Waals surface area contributed by atoms with Gasteiger partial charge in [-0.3, -0.25) is 9.59 Å². The Morgan fingerprint density at radius 3 is 2.89 bits per heavy atom. The number of anilines is 1. The van der Waals surface area contributed by atoms with Gasteiger partial charge < -0.3 is 10.2 Å². The molecule has 1 aromatic heterocycles. The third kappa shape index (κ3) is 4.95. The molecule has 2 aromatic rings. The van der Waals surface area contributed by atoms with Crippen LogP contribution in [0.25, 0.3) is 0 Å². The van der Waals surface area contributed by atoms with E-state index in [2.05, 4.69) is 24.1 Å². The van der Waals surface area contributed by atoms with Gasteiger partial charge in [-0.15, -0.1) is 11.3 Å². The summed E-state index contributed by atoms with van der Waals surface area (Å²) >= 11 is 1.48. The quantitative estimate of drug-likeness (QED) is 0.814. The van der Waals surface area contributed by atoms with Gasteiger partial charge in [0.25, 0.3) is 5.91 Å². The van der Waals surface area contributed by atoms with Crippen molar-refractivity contribution in [3.63, 3.8) is 0 Å². The minimum absolute atomic E-state index is 0.0838. The van der Waals surface area contributed by atoms with Gasteiger partial charge in [0.05, 0.1) is 10.7 Å². The first-order valence-electron chi connectivity index (χ1n) is 9.58. The number of nitrogens with zero attached hydrogens (tertiary/aromatic N) is 2. The van der Waals surface area contributed by atoms with Crippen molar-refractivity contribution in [2.75, 3.05) is 11.4 Å². The van der Waals surface area contributed by atoms with Crippen molar-refractivity contribution in [1.82, 2.24) is 10.3 Å². The highest BCUT2D eigenvalue weighted by Gasteiger charge is 2.20. The van der Waals surface area contributed by atoms with Crippen molar-refractivity contribution < 1.29 is 9.59 Å². The van der Waals surface area contributed by atoms with Gasteiger partial charge in [0.15, 0.2) is 0 Å². The van der Waals surface area contributed by atoms with Crippen LogP contribution in [0.1, 0.15) is 59.0 Å². The fourth-order valence-electron chi connectivity index (χ4n) is 3.28. The van der Waals surface area contributed by atoms with Crippen LogP contribution in [0.5, 0.6) is 0 Å². The maximum atomic E-state index is 12.6. The molecule has 0 aliphatic carbocycles. The maximum absolute atomic E-state index is 12.6. The standard InChI is InChI=1S/C21H27N3O2S/c1-14(2)11-18-23-15(3)20(27-18)21(26)22-13-16-7-6-8-17(12-16)24-10-5-4-9-19(24)25/h6-8,12,14H,4-5,9-11,13H2,1-3H3,(H,22,26). The molecule has 1 aromatic carbocycles. The average molecular weight is 386 g/mol. The fourth-order valence-corrected chi connectivity index (χ4v) is 4.47. The number of piperidine rings is 1. The number of carbonyl (C=O) groups excluding carboxylic acids is 2. The van der Waals surface area contributed by atoms with Crippen molar-refractivity contribution in [1.29, 1.82) is 0 Å². The van der Waals surface area contributed by atoms with Crippen molar-refractivity contribution in [2.45, 2.75) is 53.0 Å². The van der Waals surface area contributed by atoms with Crippen LogP contribution in [-0.2, 0) is 17.8 Å². The van der Waals surface area contributed by atoms with Crippen LogP contribution in [-0.4, -0.2) is 23.3 Å². The van der Waals surface area contributed by atoms with Crippen LogP contribution in [0.4, 0.5) is 5.69 Å². The highest BCUT2D eigenvalue weighted by Crippen LogP contribution is 2.23. The Labute approximate surface area is 164 Å². The third-order valence-electron chi connectivity index (χ3n) is 4.63. The molecule has 6 heteroatoms. The fraction of sp³-hybridized carbons (Fsp3) is 0.476. The molecule has 2 heterocycles. The SMILES string of the molecule is Cc1nc(CC(C)C)sc1C(=O)NCc1cccc(N2CCCCC2=O)c1. The molecule has 27 heavy (non-hydrogen) atoms. The van der Waals surface area contributed by atoms with Gasteiger partial charge in [-0.05, 0) is 43.4 Å². The summed E-state index contributed by atoms with van der Waals surface area (Å²) in [7, 11) is 0. The van der Waals surface area contributed by atoms with Crippen LogP contribution >= 0.6 is 11.3 Å². The molecule has 0 atom stereocenters. The van der Waals surface area contributed by atoms with Crippen LogP contribution < -0.4 is 10.2 Å². The summed E-state index contributed by atoms with van der Waals surface area (Å²) in [6.07, 6.45) is 3.52. The molecule has 1 aliphatic heterocycles. The lowest BCUT2D eigenvalue weighted by atomic mass is 10.1. The number of aromatic nitrogens is 1. The summed E-state index contributed by atoms with van der Waals surface area (Å²) in [6, 6.07) is 7.87. The van der Waals surface area contributed by atoms with Crippen molar-refractivity contribution in [3.05, 3.63) is 45.4 Å². The number of amides is 2. The van der Waals surface area contributed by atoms with Crippen LogP contribution in [0.2, 0.25) is 0 Å². The number of hydrogen-bond acceptors (Lipinski definition) is 4. The van der Waals surface area contributed by atoms with Gasteiger partial charge in [0, 0.05) is 31.6 Å². The van der Waals surface area contributed by atoms with Crippen LogP contribution in [0.3, 0.4) is 0 Å². The van der Waals surface area contributed by atoms with E-state index in [0.717, 1.165) is 47.8 Å². The normalized spacial score (nSPS) is 14.7. The summed E-state index contributed by atoms with van der Waals surface area (Å²) in [5.74, 6) is 0.617. The Hall–Kier alpha value is -2.21. The number of hydrogen-bond donors (Lipinski definition) is 1. The molecule has 5 nitrogen and oxygen atoms in total. The van der Waals surface area contributed by atoms with Gasteiger partial charge in [-0.2, -0.15) is 0 Å². The number of benzene rings is 1. The summed E-state index contributed by atoms with van der Waals surface area (Å²) < 4.78 is 0. The Morgan fingerprint density at radius 1 is 1.33 bits per heavy atom. The second-order valence-electron chi connectivity index (χ2n) is 7.48. The molecule has 0 spiro atoms. The van der Waals surface area contributed by atoms with Gasteiger partial charge in [0.1, 0.15) is 4.88 Å². The first kappa shape index (κ1) is 19.5. The monoisotopic (exact) mass is 385 g/mol. The minimum atomic E-state index is -0.0838. The zero-order valence-electron chi connectivity index (χ0n) is 16.2. The number of carbonyl (C=O) groups is 2. The van der Waals surface area contributed by atoms with Crippen molar-refractivity contribution in [2.24, 2.45) is 5.92 Å². The van der Waals surface area contributed by atoms with E-state index in [1.165, 1.54) is 11.3 Å². The molecular weight excluding hydrogens is 358 g/mol. The topological polar surface area (TPSA) is 62.3 Å². The van der Waals surface area contributed by atoms with Gasteiger partial charge in [0.2, 0.25) is 5.91 Å². The van der Waals surface area contributed by atoms with E-state index in [4.69, 9.17) is 0 Å². The lowest BCUT2D eigenvalue weighted by Crippen LogP contribution is -2.35. The summed E-state index contributed by atoms with van der Waals surface area (Å²) in [6.45, 7) is 7.39. The van der Waals surface area contributed by atoms with Gasteiger partial charge in [-0.1, -0.05) is 26.0 Å².